The Morgan fingerprint density at radius 3 is 2.16 bits per heavy atom. The first-order chi connectivity index (χ1) is 15.0. The van der Waals surface area contributed by atoms with Crippen LogP contribution in [0.5, 0.6) is 0 Å². The van der Waals surface area contributed by atoms with Crippen LogP contribution in [0.2, 0.25) is 10.0 Å². The van der Waals surface area contributed by atoms with E-state index in [-0.39, 0.29) is 0 Å². The van der Waals surface area contributed by atoms with Gasteiger partial charge in [0.2, 0.25) is 6.10 Å². The van der Waals surface area contributed by atoms with Gasteiger partial charge in [0, 0.05) is 21.3 Å². The molecule has 0 aliphatic carbocycles. The van der Waals surface area contributed by atoms with Gasteiger partial charge in [-0.15, -0.1) is 0 Å². The molecule has 6 heteroatoms. The van der Waals surface area contributed by atoms with Crippen molar-refractivity contribution < 1.29 is 14.3 Å². The lowest BCUT2D eigenvalue weighted by atomic mass is 10.0. The predicted octanol–water partition coefficient (Wildman–Crippen LogP) is 6.68. The van der Waals surface area contributed by atoms with Crippen molar-refractivity contribution >= 4 is 51.5 Å². The zero-order chi connectivity index (χ0) is 21.8. The maximum absolute atomic E-state index is 13.1. The van der Waals surface area contributed by atoms with E-state index < -0.39 is 18.0 Å². The quantitative estimate of drug-likeness (QED) is 0.345. The Labute approximate surface area is 189 Å². The fourth-order valence-corrected chi connectivity index (χ4v) is 3.83. The van der Waals surface area contributed by atoms with Crippen molar-refractivity contribution in [2.45, 2.75) is 6.10 Å². The van der Waals surface area contributed by atoms with Crippen LogP contribution in [0.15, 0.2) is 91.0 Å². The van der Waals surface area contributed by atoms with Crippen LogP contribution in [-0.4, -0.2) is 11.9 Å². The number of anilines is 1. The summed E-state index contributed by atoms with van der Waals surface area (Å²) in [6.45, 7) is 0. The molecule has 4 nitrogen and oxygen atoms in total. The third-order valence-electron chi connectivity index (χ3n) is 4.70. The monoisotopic (exact) mass is 449 g/mol. The molecule has 1 unspecified atom stereocenters. The molecule has 0 bridgehead atoms. The maximum atomic E-state index is 13.1. The SMILES string of the molecule is O=C(OC(C(=O)Nc1cc(Cl)cc(Cl)c1)c1ccccc1)c1cccc2ccccc12. The number of rotatable bonds is 5. The smallest absolute Gasteiger partial charge is 0.339 e. The van der Waals surface area contributed by atoms with Gasteiger partial charge in [0.05, 0.1) is 5.56 Å². The van der Waals surface area contributed by atoms with Gasteiger partial charge in [-0.2, -0.15) is 0 Å². The van der Waals surface area contributed by atoms with E-state index in [1.165, 1.54) is 0 Å². The highest BCUT2D eigenvalue weighted by molar-refractivity contribution is 6.35. The molecule has 1 amide bonds. The van der Waals surface area contributed by atoms with Crippen LogP contribution in [0, 0.1) is 0 Å². The van der Waals surface area contributed by atoms with E-state index >= 15 is 0 Å². The maximum Gasteiger partial charge on any atom is 0.339 e. The Kier molecular flexibility index (Phi) is 6.21. The number of carbonyl (C=O) groups is 2. The van der Waals surface area contributed by atoms with E-state index in [9.17, 15) is 9.59 Å². The van der Waals surface area contributed by atoms with Crippen LogP contribution >= 0.6 is 23.2 Å². The second kappa shape index (κ2) is 9.21. The summed E-state index contributed by atoms with van der Waals surface area (Å²) in [6.07, 6.45) is -1.16. The van der Waals surface area contributed by atoms with Crippen molar-refractivity contribution in [1.82, 2.24) is 0 Å². The van der Waals surface area contributed by atoms with Crippen LogP contribution in [0.25, 0.3) is 10.8 Å². The minimum atomic E-state index is -1.16. The molecule has 0 aliphatic rings. The van der Waals surface area contributed by atoms with Crippen LogP contribution in [-0.2, 0) is 9.53 Å². The molecule has 1 atom stereocenters. The van der Waals surface area contributed by atoms with Gasteiger partial charge in [0.25, 0.3) is 5.91 Å². The second-order valence-electron chi connectivity index (χ2n) is 6.87. The van der Waals surface area contributed by atoms with Gasteiger partial charge >= 0.3 is 5.97 Å². The first kappa shape index (κ1) is 20.9. The first-order valence-electron chi connectivity index (χ1n) is 9.52. The number of hydrogen-bond donors (Lipinski definition) is 1. The summed E-state index contributed by atoms with van der Waals surface area (Å²) in [5, 5.41) is 5.16. The molecule has 31 heavy (non-hydrogen) atoms. The normalized spacial score (nSPS) is 11.7. The lowest BCUT2D eigenvalue weighted by Crippen LogP contribution is -2.26. The van der Waals surface area contributed by atoms with Crippen LogP contribution in [0.3, 0.4) is 0 Å². The van der Waals surface area contributed by atoms with Crippen molar-refractivity contribution in [3.63, 3.8) is 0 Å². The number of hydrogen-bond acceptors (Lipinski definition) is 3. The van der Waals surface area contributed by atoms with Crippen molar-refractivity contribution in [1.29, 1.82) is 0 Å². The molecule has 0 saturated heterocycles. The highest BCUT2D eigenvalue weighted by atomic mass is 35.5. The van der Waals surface area contributed by atoms with E-state index in [2.05, 4.69) is 5.32 Å². The molecule has 1 N–H and O–H groups in total. The average Bonchev–Trinajstić information content (AvgIpc) is 2.76. The lowest BCUT2D eigenvalue weighted by Gasteiger charge is -2.19. The third kappa shape index (κ3) is 4.88. The molecule has 0 spiro atoms. The summed E-state index contributed by atoms with van der Waals surface area (Å²) < 4.78 is 5.71. The number of ether oxygens (including phenoxy) is 1. The Morgan fingerprint density at radius 2 is 1.42 bits per heavy atom. The van der Waals surface area contributed by atoms with Gasteiger partial charge in [-0.3, -0.25) is 4.79 Å². The van der Waals surface area contributed by atoms with Crippen LogP contribution in [0.1, 0.15) is 22.0 Å². The number of amides is 1. The summed E-state index contributed by atoms with van der Waals surface area (Å²) in [7, 11) is 0. The zero-order valence-electron chi connectivity index (χ0n) is 16.2. The van der Waals surface area contributed by atoms with Crippen LogP contribution < -0.4 is 5.32 Å². The molecule has 0 saturated carbocycles. The molecule has 0 fully saturated rings. The Bertz CT molecular complexity index is 1230. The number of halogens is 2. The number of fused-ring (bicyclic) bond motifs is 1. The largest absolute Gasteiger partial charge is 0.444 e. The van der Waals surface area contributed by atoms with E-state index in [0.717, 1.165) is 10.8 Å². The molecular weight excluding hydrogens is 433 g/mol. The van der Waals surface area contributed by atoms with E-state index in [4.69, 9.17) is 27.9 Å². The topological polar surface area (TPSA) is 55.4 Å². The standard InChI is InChI=1S/C25H17Cl2NO3/c26-18-13-19(27)15-20(14-18)28-24(29)23(17-8-2-1-3-9-17)31-25(30)22-12-6-10-16-7-4-5-11-21(16)22/h1-15,23H,(H,28,29). The molecule has 0 radical (unpaired) electrons. The Morgan fingerprint density at radius 1 is 0.774 bits per heavy atom. The number of benzene rings is 4. The molecule has 4 aromatic rings. The molecular formula is C25H17Cl2NO3. The van der Waals surface area contributed by atoms with E-state index in [1.807, 2.05) is 36.4 Å². The average molecular weight is 450 g/mol. The van der Waals surface area contributed by atoms with Gasteiger partial charge in [0.1, 0.15) is 0 Å². The van der Waals surface area contributed by atoms with Crippen LogP contribution in [0.4, 0.5) is 5.69 Å². The number of carbonyl (C=O) groups excluding carboxylic acids is 2. The molecule has 4 aromatic carbocycles. The summed E-state index contributed by atoms with van der Waals surface area (Å²) in [4.78, 5) is 26.2. The second-order valence-corrected chi connectivity index (χ2v) is 7.74. The predicted molar refractivity (Wildman–Crippen MR) is 124 cm³/mol. The summed E-state index contributed by atoms with van der Waals surface area (Å²) in [6, 6.07) is 26.4. The molecule has 154 valence electrons. The zero-order valence-corrected chi connectivity index (χ0v) is 17.7. The molecule has 0 aliphatic heterocycles. The van der Waals surface area contributed by atoms with Gasteiger partial charge in [-0.05, 0) is 35.0 Å². The lowest BCUT2D eigenvalue weighted by molar-refractivity contribution is -0.125. The van der Waals surface area contributed by atoms with Crippen molar-refractivity contribution in [2.24, 2.45) is 0 Å². The van der Waals surface area contributed by atoms with Crippen molar-refractivity contribution in [3.8, 4) is 0 Å². The third-order valence-corrected chi connectivity index (χ3v) is 5.14. The minimum absolute atomic E-state index is 0.381. The van der Waals surface area contributed by atoms with Gasteiger partial charge in [-0.1, -0.05) is 89.9 Å². The number of esters is 1. The van der Waals surface area contributed by atoms with Gasteiger partial charge < -0.3 is 10.1 Å². The number of nitrogens with one attached hydrogen (secondary N) is 1. The molecule has 0 aromatic heterocycles. The Hall–Kier alpha value is -3.34. The highest BCUT2D eigenvalue weighted by Gasteiger charge is 2.26. The molecule has 4 rings (SSSR count). The van der Waals surface area contributed by atoms with E-state index in [1.54, 1.807) is 54.6 Å². The van der Waals surface area contributed by atoms with Gasteiger partial charge in [-0.25, -0.2) is 4.79 Å². The molecule has 0 heterocycles. The summed E-state index contributed by atoms with van der Waals surface area (Å²) in [5.74, 6) is -1.11. The fraction of sp³-hybridized carbons (Fsp3) is 0.0400. The minimum Gasteiger partial charge on any atom is -0.444 e. The Balaban J connectivity index is 1.65. The first-order valence-corrected chi connectivity index (χ1v) is 10.3. The van der Waals surface area contributed by atoms with Crippen molar-refractivity contribution in [3.05, 3.63) is 112 Å². The summed E-state index contributed by atoms with van der Waals surface area (Å²) in [5.41, 5.74) is 1.34. The van der Waals surface area contributed by atoms with E-state index in [0.29, 0.717) is 26.9 Å². The van der Waals surface area contributed by atoms with Gasteiger partial charge in [0.15, 0.2) is 0 Å². The summed E-state index contributed by atoms with van der Waals surface area (Å²) >= 11 is 12.1. The van der Waals surface area contributed by atoms with Crippen molar-refractivity contribution in [2.75, 3.05) is 5.32 Å². The highest BCUT2D eigenvalue weighted by Crippen LogP contribution is 2.27. The fourth-order valence-electron chi connectivity index (χ4n) is 3.31.